The lowest BCUT2D eigenvalue weighted by Crippen LogP contribution is -2.29. The molecular formula is C19H22N4O3. The third-order valence-electron chi connectivity index (χ3n) is 4.57. The van der Waals surface area contributed by atoms with E-state index in [1.807, 2.05) is 13.0 Å². The summed E-state index contributed by atoms with van der Waals surface area (Å²) in [5, 5.41) is 8.40. The fourth-order valence-corrected chi connectivity index (χ4v) is 3.22. The minimum atomic E-state index is -0.467. The molecule has 1 aromatic carbocycles. The van der Waals surface area contributed by atoms with Crippen LogP contribution < -0.4 is 16.4 Å². The van der Waals surface area contributed by atoms with Gasteiger partial charge in [-0.25, -0.2) is 0 Å². The highest BCUT2D eigenvalue weighted by Gasteiger charge is 2.13. The number of aromatic nitrogens is 3. The first kappa shape index (κ1) is 17.7. The van der Waals surface area contributed by atoms with Crippen LogP contribution in [0, 0.1) is 13.8 Å². The number of H-pyrrole nitrogens is 3. The number of carbonyl (C=O) groups is 1. The second kappa shape index (κ2) is 7.03. The lowest BCUT2D eigenvalue weighted by atomic mass is 10.0. The summed E-state index contributed by atoms with van der Waals surface area (Å²) >= 11 is 0. The zero-order valence-electron chi connectivity index (χ0n) is 15.1. The zero-order valence-corrected chi connectivity index (χ0v) is 15.1. The van der Waals surface area contributed by atoms with Gasteiger partial charge >= 0.3 is 0 Å². The summed E-state index contributed by atoms with van der Waals surface area (Å²) in [6, 6.07) is 5.32. The van der Waals surface area contributed by atoms with E-state index in [0.29, 0.717) is 6.54 Å². The molecule has 0 fully saturated rings. The summed E-state index contributed by atoms with van der Waals surface area (Å²) in [6.45, 7) is 6.57. The van der Waals surface area contributed by atoms with Crippen LogP contribution in [0.2, 0.25) is 0 Å². The molecule has 136 valence electrons. The highest BCUT2D eigenvalue weighted by atomic mass is 16.2. The summed E-state index contributed by atoms with van der Waals surface area (Å²) in [5.41, 5.74) is 4.80. The topological polar surface area (TPSA) is 111 Å². The van der Waals surface area contributed by atoms with Crippen molar-refractivity contribution in [1.82, 2.24) is 20.5 Å². The van der Waals surface area contributed by atoms with Crippen molar-refractivity contribution in [2.75, 3.05) is 0 Å². The summed E-state index contributed by atoms with van der Waals surface area (Å²) in [7, 11) is 0. The van der Waals surface area contributed by atoms with E-state index < -0.39 is 11.1 Å². The van der Waals surface area contributed by atoms with Crippen LogP contribution >= 0.6 is 0 Å². The highest BCUT2D eigenvalue weighted by Crippen LogP contribution is 2.26. The fourth-order valence-electron chi connectivity index (χ4n) is 3.22. The van der Waals surface area contributed by atoms with Crippen LogP contribution in [0.15, 0.2) is 27.8 Å². The second-order valence-corrected chi connectivity index (χ2v) is 6.50. The molecule has 0 saturated carbocycles. The first-order valence-corrected chi connectivity index (χ1v) is 8.57. The third kappa shape index (κ3) is 3.46. The van der Waals surface area contributed by atoms with E-state index in [9.17, 15) is 14.4 Å². The molecule has 26 heavy (non-hydrogen) atoms. The van der Waals surface area contributed by atoms with Crippen LogP contribution in [0.3, 0.4) is 0 Å². The van der Waals surface area contributed by atoms with E-state index in [1.165, 1.54) is 11.3 Å². The Labute approximate surface area is 149 Å². The molecule has 1 amide bonds. The molecule has 4 N–H and O–H groups in total. The smallest absolute Gasteiger partial charge is 0.266 e. The van der Waals surface area contributed by atoms with Crippen molar-refractivity contribution in [3.63, 3.8) is 0 Å². The van der Waals surface area contributed by atoms with Gasteiger partial charge in [0.1, 0.15) is 0 Å². The van der Waals surface area contributed by atoms with Gasteiger partial charge in [-0.15, -0.1) is 0 Å². The Morgan fingerprint density at radius 3 is 2.58 bits per heavy atom. The number of benzene rings is 1. The fraction of sp³-hybridized carbons (Fsp3) is 0.316. The lowest BCUT2D eigenvalue weighted by molar-refractivity contribution is -0.120. The molecule has 0 aliphatic carbocycles. The Balaban J connectivity index is 1.81. The average molecular weight is 354 g/mol. The van der Waals surface area contributed by atoms with Crippen LogP contribution in [0.1, 0.15) is 34.9 Å². The van der Waals surface area contributed by atoms with E-state index >= 15 is 0 Å². The molecule has 0 bridgehead atoms. The maximum absolute atomic E-state index is 12.2. The van der Waals surface area contributed by atoms with Crippen LogP contribution in [0.5, 0.6) is 0 Å². The molecule has 0 unspecified atom stereocenters. The lowest BCUT2D eigenvalue weighted by Gasteiger charge is -2.08. The van der Waals surface area contributed by atoms with Gasteiger partial charge in [0, 0.05) is 29.3 Å². The number of carbonyl (C=O) groups excluding carboxylic acids is 1. The van der Waals surface area contributed by atoms with Crippen molar-refractivity contribution in [1.29, 1.82) is 0 Å². The van der Waals surface area contributed by atoms with Crippen molar-refractivity contribution in [2.24, 2.45) is 0 Å². The molecule has 0 atom stereocenters. The SMILES string of the molecule is CCc1[nH]c2c(CNC(=O)Cc3cc(=O)[nH][nH]c3=O)cc(C)cc2c1C. The maximum Gasteiger partial charge on any atom is 0.266 e. The number of nitrogens with one attached hydrogen (secondary N) is 4. The van der Waals surface area contributed by atoms with Gasteiger partial charge < -0.3 is 10.3 Å². The number of amides is 1. The summed E-state index contributed by atoms with van der Waals surface area (Å²) < 4.78 is 0. The molecule has 0 saturated heterocycles. The van der Waals surface area contributed by atoms with Crippen LogP contribution in [0.25, 0.3) is 10.9 Å². The molecule has 7 heteroatoms. The van der Waals surface area contributed by atoms with Crippen molar-refractivity contribution < 1.29 is 4.79 Å². The predicted molar refractivity (Wildman–Crippen MR) is 100 cm³/mol. The number of aromatic amines is 3. The largest absolute Gasteiger partial charge is 0.358 e. The molecule has 0 aliphatic rings. The molecule has 7 nitrogen and oxygen atoms in total. The first-order chi connectivity index (χ1) is 12.4. The monoisotopic (exact) mass is 354 g/mol. The standard InChI is InChI=1S/C19H22N4O3/c1-4-15-11(3)14-6-10(2)5-13(18(14)21-15)9-20-16(24)7-12-8-17(25)22-23-19(12)26/h5-6,8,21H,4,7,9H2,1-3H3,(H,20,24)(H,22,25)(H,23,26). The Bertz CT molecular complexity index is 1090. The van der Waals surface area contributed by atoms with Crippen molar-refractivity contribution in [3.8, 4) is 0 Å². The number of rotatable bonds is 5. The van der Waals surface area contributed by atoms with Crippen molar-refractivity contribution >= 4 is 16.8 Å². The molecule has 3 rings (SSSR count). The van der Waals surface area contributed by atoms with E-state index in [2.05, 4.69) is 40.4 Å². The third-order valence-corrected chi connectivity index (χ3v) is 4.57. The predicted octanol–water partition coefficient (Wildman–Crippen LogP) is 1.58. The molecule has 2 heterocycles. The van der Waals surface area contributed by atoms with Gasteiger partial charge in [-0.05, 0) is 37.5 Å². The number of hydrogen-bond donors (Lipinski definition) is 4. The molecule has 2 aromatic heterocycles. The van der Waals surface area contributed by atoms with Crippen molar-refractivity contribution in [2.45, 2.75) is 40.2 Å². The van der Waals surface area contributed by atoms with Crippen LogP contribution in [-0.4, -0.2) is 21.1 Å². The van der Waals surface area contributed by atoms with E-state index in [-0.39, 0.29) is 17.9 Å². The Hall–Kier alpha value is -3.09. The van der Waals surface area contributed by atoms with Gasteiger partial charge in [-0.2, -0.15) is 0 Å². The number of hydrogen-bond acceptors (Lipinski definition) is 3. The number of fused-ring (bicyclic) bond motifs is 1. The normalized spacial score (nSPS) is 11.0. The zero-order chi connectivity index (χ0) is 18.8. The van der Waals surface area contributed by atoms with Gasteiger partial charge in [0.25, 0.3) is 11.1 Å². The molecule has 3 aromatic rings. The number of aryl methyl sites for hydroxylation is 3. The Morgan fingerprint density at radius 2 is 1.85 bits per heavy atom. The quantitative estimate of drug-likeness (QED) is 0.558. The van der Waals surface area contributed by atoms with Gasteiger partial charge in [0.05, 0.1) is 11.9 Å². The van der Waals surface area contributed by atoms with Gasteiger partial charge in [-0.1, -0.05) is 18.6 Å². The Morgan fingerprint density at radius 1 is 1.08 bits per heavy atom. The van der Waals surface area contributed by atoms with Crippen LogP contribution in [-0.2, 0) is 24.2 Å². The minimum Gasteiger partial charge on any atom is -0.358 e. The molecular weight excluding hydrogens is 332 g/mol. The molecule has 0 aliphatic heterocycles. The summed E-state index contributed by atoms with van der Waals surface area (Å²) in [5.74, 6) is -0.310. The second-order valence-electron chi connectivity index (χ2n) is 6.50. The van der Waals surface area contributed by atoms with Gasteiger partial charge in [0.2, 0.25) is 5.91 Å². The molecule has 0 radical (unpaired) electrons. The van der Waals surface area contributed by atoms with E-state index in [0.717, 1.165) is 34.5 Å². The highest BCUT2D eigenvalue weighted by molar-refractivity contribution is 5.88. The molecule has 0 spiro atoms. The van der Waals surface area contributed by atoms with Crippen molar-refractivity contribution in [3.05, 3.63) is 66.9 Å². The van der Waals surface area contributed by atoms with Gasteiger partial charge in [-0.3, -0.25) is 24.6 Å². The average Bonchev–Trinajstić information content (AvgIpc) is 2.92. The first-order valence-electron chi connectivity index (χ1n) is 8.57. The summed E-state index contributed by atoms with van der Waals surface area (Å²) in [4.78, 5) is 38.6. The summed E-state index contributed by atoms with van der Waals surface area (Å²) in [6.07, 6.45) is 0.773. The van der Waals surface area contributed by atoms with E-state index in [1.54, 1.807) is 0 Å². The van der Waals surface area contributed by atoms with Gasteiger partial charge in [0.15, 0.2) is 0 Å². The Kier molecular flexibility index (Phi) is 4.79. The van der Waals surface area contributed by atoms with Crippen LogP contribution in [0.4, 0.5) is 0 Å². The maximum atomic E-state index is 12.2. The minimum absolute atomic E-state index is 0.141. The van der Waals surface area contributed by atoms with E-state index in [4.69, 9.17) is 0 Å².